The fraction of sp³-hybridized carbons (Fsp3) is 0.353. The van der Waals surface area contributed by atoms with Crippen LogP contribution in [-0.2, 0) is 16.8 Å². The van der Waals surface area contributed by atoms with Gasteiger partial charge in [-0.3, -0.25) is 4.79 Å². The Morgan fingerprint density at radius 3 is 1.88 bits per heavy atom. The highest BCUT2D eigenvalue weighted by Gasteiger charge is 2.39. The van der Waals surface area contributed by atoms with Crippen LogP contribution in [0.5, 0.6) is 0 Å². The molecule has 1 atom stereocenters. The van der Waals surface area contributed by atoms with Crippen molar-refractivity contribution in [1.29, 1.82) is 0 Å². The molecule has 1 aliphatic rings. The number of hydrogen-bond donors (Lipinski definition) is 1. The molecule has 0 aliphatic heterocycles. The lowest BCUT2D eigenvalue weighted by atomic mass is 9.76. The molecule has 0 unspecified atom stereocenters. The van der Waals surface area contributed by atoms with E-state index in [1.807, 2.05) is 18.3 Å². The highest BCUT2D eigenvalue weighted by Crippen LogP contribution is 2.42. The summed E-state index contributed by atoms with van der Waals surface area (Å²) < 4.78 is 2.32. The molecule has 0 spiro atoms. The summed E-state index contributed by atoms with van der Waals surface area (Å²) in [5.74, 6) is 0.0698. The van der Waals surface area contributed by atoms with Crippen molar-refractivity contribution in [2.45, 2.75) is 69.5 Å². The lowest BCUT2D eigenvalue weighted by molar-refractivity contribution is -0.133. The van der Waals surface area contributed by atoms with Gasteiger partial charge in [0.15, 0.2) is 0 Å². The molecule has 1 fully saturated rings. The molecule has 1 aliphatic carbocycles. The van der Waals surface area contributed by atoms with Crippen molar-refractivity contribution in [3.05, 3.63) is 125 Å². The topological polar surface area (TPSA) is 64.2 Å². The van der Waals surface area contributed by atoms with E-state index in [9.17, 15) is 4.79 Å². The van der Waals surface area contributed by atoms with Gasteiger partial charge >= 0.3 is 0 Å². The molecule has 210 valence electrons. The van der Waals surface area contributed by atoms with Crippen LogP contribution in [-0.4, -0.2) is 39.5 Å². The minimum absolute atomic E-state index is 0. The number of nitrogens with two attached hydrogens (primary N) is 1. The summed E-state index contributed by atoms with van der Waals surface area (Å²) in [6.07, 6.45) is 8.83. The number of imidazole rings is 1. The Morgan fingerprint density at radius 2 is 1.40 bits per heavy atom. The average Bonchev–Trinajstić information content (AvgIpc) is 3.66. The Hall–Kier alpha value is -3.41. The molecular weight excluding hydrogens is 516 g/mol. The van der Waals surface area contributed by atoms with E-state index in [4.69, 9.17) is 10.7 Å². The predicted octanol–water partition coefficient (Wildman–Crippen LogP) is 6.50. The third-order valence-electron chi connectivity index (χ3n) is 8.51. The first-order valence-electron chi connectivity index (χ1n) is 14.3. The van der Waals surface area contributed by atoms with E-state index in [-0.39, 0.29) is 18.3 Å². The van der Waals surface area contributed by atoms with Gasteiger partial charge in [0.05, 0.1) is 18.1 Å². The molecule has 5 rings (SSSR count). The van der Waals surface area contributed by atoms with Crippen molar-refractivity contribution in [2.75, 3.05) is 7.05 Å². The number of hydrogen-bond acceptors (Lipinski definition) is 3. The molecule has 1 saturated carbocycles. The van der Waals surface area contributed by atoms with Crippen LogP contribution in [0.15, 0.2) is 97.3 Å². The first-order valence-corrected chi connectivity index (χ1v) is 14.3. The normalized spacial score (nSPS) is 14.5. The second kappa shape index (κ2) is 13.3. The van der Waals surface area contributed by atoms with Gasteiger partial charge in [-0.1, -0.05) is 104 Å². The lowest BCUT2D eigenvalue weighted by Gasteiger charge is -2.38. The van der Waals surface area contributed by atoms with Gasteiger partial charge in [0.25, 0.3) is 0 Å². The Balaban J connectivity index is 0.00000370. The quantitative estimate of drug-likeness (QED) is 0.227. The number of carbonyl (C=O) groups is 1. The van der Waals surface area contributed by atoms with E-state index in [0.29, 0.717) is 12.5 Å². The molecule has 3 aromatic carbocycles. The third kappa shape index (κ3) is 5.72. The van der Waals surface area contributed by atoms with E-state index in [1.165, 1.54) is 29.5 Å². The smallest absolute Gasteiger partial charge is 0.239 e. The summed E-state index contributed by atoms with van der Waals surface area (Å²) in [6, 6.07) is 31.9. The molecule has 40 heavy (non-hydrogen) atoms. The van der Waals surface area contributed by atoms with E-state index < -0.39 is 11.6 Å². The van der Waals surface area contributed by atoms with Crippen LogP contribution < -0.4 is 5.73 Å². The predicted molar refractivity (Wildman–Crippen MR) is 165 cm³/mol. The maximum absolute atomic E-state index is 12.9. The maximum Gasteiger partial charge on any atom is 0.239 e. The van der Waals surface area contributed by atoms with E-state index in [1.54, 1.807) is 0 Å². The SMILES string of the molecule is Cc1c(CCC[C@H](N)C(=O)N(C)C2CCCC2)ncn1C(c1ccccc1)(c1ccccc1)c1ccccc1.Cl. The molecule has 5 nitrogen and oxygen atoms in total. The second-order valence-electron chi connectivity index (χ2n) is 10.8. The number of aromatic nitrogens is 2. The Kier molecular flexibility index (Phi) is 9.83. The Morgan fingerprint density at radius 1 is 0.925 bits per heavy atom. The van der Waals surface area contributed by atoms with Crippen LogP contribution in [0, 0.1) is 6.92 Å². The zero-order chi connectivity index (χ0) is 27.2. The number of amides is 1. The van der Waals surface area contributed by atoms with Gasteiger partial charge in [0, 0.05) is 18.8 Å². The van der Waals surface area contributed by atoms with Gasteiger partial charge < -0.3 is 15.2 Å². The van der Waals surface area contributed by atoms with Crippen LogP contribution in [0.1, 0.15) is 66.6 Å². The molecule has 2 N–H and O–H groups in total. The largest absolute Gasteiger partial charge is 0.341 e. The molecule has 1 amide bonds. The standard InChI is InChI=1S/C34H40N4O.ClH/c1-26-32(24-14-23-31(35)33(39)37(2)30-21-12-13-22-30)36-25-38(26)34(27-15-6-3-7-16-27,28-17-8-4-9-18-28)29-19-10-5-11-20-29;/h3-11,15-20,25,30-31H,12-14,21-24,35H2,1-2H3;1H/t31-;/m0./s1. The van der Waals surface area contributed by atoms with Crippen molar-refractivity contribution < 1.29 is 4.79 Å². The van der Waals surface area contributed by atoms with Gasteiger partial charge in [-0.05, 0) is 55.7 Å². The number of carbonyl (C=O) groups excluding carboxylic acids is 1. The van der Waals surface area contributed by atoms with Gasteiger partial charge in [-0.2, -0.15) is 0 Å². The van der Waals surface area contributed by atoms with Crippen LogP contribution >= 0.6 is 12.4 Å². The molecular formula is C34H41ClN4O. The zero-order valence-corrected chi connectivity index (χ0v) is 24.4. The fourth-order valence-corrected chi connectivity index (χ4v) is 6.33. The van der Waals surface area contributed by atoms with Gasteiger partial charge in [0.2, 0.25) is 5.91 Å². The molecule has 4 aromatic rings. The minimum Gasteiger partial charge on any atom is -0.341 e. The zero-order valence-electron chi connectivity index (χ0n) is 23.6. The summed E-state index contributed by atoms with van der Waals surface area (Å²) in [6.45, 7) is 2.16. The molecule has 1 heterocycles. The number of aryl methyl sites for hydroxylation is 1. The van der Waals surface area contributed by atoms with Crippen LogP contribution in [0.3, 0.4) is 0 Å². The van der Waals surface area contributed by atoms with Gasteiger partial charge in [-0.25, -0.2) is 4.98 Å². The van der Waals surface area contributed by atoms with Crippen molar-refractivity contribution in [3.8, 4) is 0 Å². The van der Waals surface area contributed by atoms with E-state index in [2.05, 4.69) is 102 Å². The van der Waals surface area contributed by atoms with Crippen LogP contribution in [0.25, 0.3) is 0 Å². The van der Waals surface area contributed by atoms with E-state index >= 15 is 0 Å². The first kappa shape index (κ1) is 29.6. The third-order valence-corrected chi connectivity index (χ3v) is 8.51. The van der Waals surface area contributed by atoms with Crippen LogP contribution in [0.4, 0.5) is 0 Å². The number of rotatable bonds is 10. The van der Waals surface area contributed by atoms with Gasteiger partial charge in [-0.15, -0.1) is 12.4 Å². The molecule has 0 saturated heterocycles. The van der Waals surface area contributed by atoms with Crippen molar-refractivity contribution in [2.24, 2.45) is 5.73 Å². The van der Waals surface area contributed by atoms with Gasteiger partial charge in [0.1, 0.15) is 5.54 Å². The van der Waals surface area contributed by atoms with Crippen LogP contribution in [0.2, 0.25) is 0 Å². The summed E-state index contributed by atoms with van der Waals surface area (Å²) in [5, 5.41) is 0. The average molecular weight is 557 g/mol. The first-order chi connectivity index (χ1) is 19.0. The lowest BCUT2D eigenvalue weighted by Crippen LogP contribution is -2.45. The number of nitrogens with zero attached hydrogens (tertiary/aromatic N) is 3. The van der Waals surface area contributed by atoms with E-state index in [0.717, 1.165) is 37.1 Å². The summed E-state index contributed by atoms with van der Waals surface area (Å²) in [5.41, 5.74) is 11.5. The Bertz CT molecular complexity index is 1250. The van der Waals surface area contributed by atoms with Crippen molar-refractivity contribution in [1.82, 2.24) is 14.5 Å². The summed E-state index contributed by atoms with van der Waals surface area (Å²) in [4.78, 5) is 19.7. The molecule has 0 bridgehead atoms. The highest BCUT2D eigenvalue weighted by molar-refractivity contribution is 5.85. The Labute approximate surface area is 244 Å². The fourth-order valence-electron chi connectivity index (χ4n) is 6.33. The van der Waals surface area contributed by atoms with Crippen molar-refractivity contribution >= 4 is 18.3 Å². The molecule has 1 aromatic heterocycles. The minimum atomic E-state index is -0.574. The summed E-state index contributed by atoms with van der Waals surface area (Å²) in [7, 11) is 1.92. The van der Waals surface area contributed by atoms with Crippen molar-refractivity contribution in [3.63, 3.8) is 0 Å². The maximum atomic E-state index is 12.9. The monoisotopic (exact) mass is 556 g/mol. The summed E-state index contributed by atoms with van der Waals surface area (Å²) >= 11 is 0. The number of likely N-dealkylation sites (N-methyl/N-ethyl adjacent to an activating group) is 1. The highest BCUT2D eigenvalue weighted by atomic mass is 35.5. The molecule has 0 radical (unpaired) electrons. The number of benzene rings is 3. The molecule has 6 heteroatoms. The second-order valence-corrected chi connectivity index (χ2v) is 10.8. The number of halogens is 1.